The van der Waals surface area contributed by atoms with Crippen molar-refractivity contribution < 1.29 is 4.39 Å². The van der Waals surface area contributed by atoms with Crippen molar-refractivity contribution in [1.82, 2.24) is 4.90 Å². The summed E-state index contributed by atoms with van der Waals surface area (Å²) in [6.45, 7) is 3.05. The zero-order valence-corrected chi connectivity index (χ0v) is 10.1. The molecular formula is C12H20FN3. The lowest BCUT2D eigenvalue weighted by Gasteiger charge is -2.19. The highest BCUT2D eigenvalue weighted by atomic mass is 19.1. The fourth-order valence-electron chi connectivity index (χ4n) is 1.45. The smallest absolute Gasteiger partial charge is 0.148 e. The third kappa shape index (κ3) is 3.70. The van der Waals surface area contributed by atoms with Crippen LogP contribution in [0.5, 0.6) is 0 Å². The summed E-state index contributed by atoms with van der Waals surface area (Å²) >= 11 is 0. The van der Waals surface area contributed by atoms with E-state index in [-0.39, 0.29) is 17.5 Å². The van der Waals surface area contributed by atoms with Gasteiger partial charge in [0.15, 0.2) is 0 Å². The molecule has 0 fully saturated rings. The van der Waals surface area contributed by atoms with E-state index in [0.29, 0.717) is 5.69 Å². The maximum absolute atomic E-state index is 13.2. The second-order valence-corrected chi connectivity index (χ2v) is 4.34. The number of nitrogens with two attached hydrogens (primary N) is 1. The number of benzene rings is 1. The van der Waals surface area contributed by atoms with Gasteiger partial charge in [0.05, 0.1) is 11.4 Å². The quantitative estimate of drug-likeness (QED) is 0.754. The molecule has 0 aliphatic carbocycles. The number of nitrogen functional groups attached to an aromatic ring is 1. The van der Waals surface area contributed by atoms with Gasteiger partial charge in [-0.2, -0.15) is 0 Å². The summed E-state index contributed by atoms with van der Waals surface area (Å²) in [4.78, 5) is 2.12. The number of anilines is 2. The van der Waals surface area contributed by atoms with Gasteiger partial charge in [-0.15, -0.1) is 0 Å². The highest BCUT2D eigenvalue weighted by Crippen LogP contribution is 2.22. The first-order chi connectivity index (χ1) is 7.50. The first-order valence-electron chi connectivity index (χ1n) is 5.46. The minimum atomic E-state index is -0.371. The van der Waals surface area contributed by atoms with E-state index in [4.69, 9.17) is 5.73 Å². The molecule has 0 aliphatic rings. The third-order valence-electron chi connectivity index (χ3n) is 2.46. The van der Waals surface area contributed by atoms with Crippen LogP contribution in [0.15, 0.2) is 18.2 Å². The van der Waals surface area contributed by atoms with E-state index in [1.54, 1.807) is 12.1 Å². The van der Waals surface area contributed by atoms with Crippen LogP contribution in [0, 0.1) is 5.82 Å². The van der Waals surface area contributed by atoms with Crippen molar-refractivity contribution in [1.29, 1.82) is 0 Å². The average molecular weight is 225 g/mol. The monoisotopic (exact) mass is 225 g/mol. The van der Waals surface area contributed by atoms with E-state index in [0.717, 1.165) is 13.0 Å². The first-order valence-corrected chi connectivity index (χ1v) is 5.46. The Morgan fingerprint density at radius 3 is 2.75 bits per heavy atom. The maximum Gasteiger partial charge on any atom is 0.148 e. The van der Waals surface area contributed by atoms with Gasteiger partial charge in [0.2, 0.25) is 0 Å². The predicted molar refractivity (Wildman–Crippen MR) is 67.1 cm³/mol. The Balaban J connectivity index is 2.56. The van der Waals surface area contributed by atoms with Crippen LogP contribution < -0.4 is 11.1 Å². The largest absolute Gasteiger partial charge is 0.395 e. The zero-order chi connectivity index (χ0) is 12.1. The van der Waals surface area contributed by atoms with Gasteiger partial charge >= 0.3 is 0 Å². The Hall–Kier alpha value is -1.29. The summed E-state index contributed by atoms with van der Waals surface area (Å²) < 4.78 is 13.2. The second kappa shape index (κ2) is 5.70. The van der Waals surface area contributed by atoms with Gasteiger partial charge in [-0.05, 0) is 46.1 Å². The van der Waals surface area contributed by atoms with Gasteiger partial charge in [-0.1, -0.05) is 6.07 Å². The van der Waals surface area contributed by atoms with Crippen molar-refractivity contribution in [3.05, 3.63) is 24.0 Å². The van der Waals surface area contributed by atoms with E-state index < -0.39 is 0 Å². The highest BCUT2D eigenvalue weighted by molar-refractivity contribution is 5.66. The molecule has 0 aliphatic heterocycles. The van der Waals surface area contributed by atoms with Crippen molar-refractivity contribution in [3.63, 3.8) is 0 Å². The Morgan fingerprint density at radius 2 is 2.12 bits per heavy atom. The first kappa shape index (κ1) is 12.8. The van der Waals surface area contributed by atoms with Crippen molar-refractivity contribution >= 4 is 11.4 Å². The lowest BCUT2D eigenvalue weighted by molar-refractivity contribution is 0.390. The van der Waals surface area contributed by atoms with E-state index in [2.05, 4.69) is 17.1 Å². The van der Waals surface area contributed by atoms with E-state index in [1.807, 2.05) is 14.1 Å². The summed E-state index contributed by atoms with van der Waals surface area (Å²) in [5.74, 6) is -0.371. The molecule has 1 atom stereocenters. The molecule has 16 heavy (non-hydrogen) atoms. The van der Waals surface area contributed by atoms with E-state index >= 15 is 0 Å². The minimum Gasteiger partial charge on any atom is -0.395 e. The topological polar surface area (TPSA) is 41.3 Å². The molecule has 0 saturated heterocycles. The van der Waals surface area contributed by atoms with Crippen molar-refractivity contribution in [3.8, 4) is 0 Å². The van der Waals surface area contributed by atoms with Crippen molar-refractivity contribution in [2.24, 2.45) is 0 Å². The molecule has 1 aromatic rings. The number of hydrogen-bond acceptors (Lipinski definition) is 3. The molecule has 0 spiro atoms. The normalized spacial score (nSPS) is 12.8. The fourth-order valence-corrected chi connectivity index (χ4v) is 1.45. The van der Waals surface area contributed by atoms with Gasteiger partial charge < -0.3 is 16.0 Å². The fraction of sp³-hybridized carbons (Fsp3) is 0.500. The van der Waals surface area contributed by atoms with Crippen LogP contribution >= 0.6 is 0 Å². The molecule has 3 N–H and O–H groups in total. The lowest BCUT2D eigenvalue weighted by Crippen LogP contribution is -2.23. The van der Waals surface area contributed by atoms with Crippen molar-refractivity contribution in [2.75, 3.05) is 31.7 Å². The molecule has 3 nitrogen and oxygen atoms in total. The number of nitrogens with zero attached hydrogens (tertiary/aromatic N) is 1. The van der Waals surface area contributed by atoms with E-state index in [1.165, 1.54) is 6.07 Å². The molecule has 0 bridgehead atoms. The lowest BCUT2D eigenvalue weighted by atomic mass is 10.2. The van der Waals surface area contributed by atoms with Gasteiger partial charge in [-0.25, -0.2) is 4.39 Å². The Morgan fingerprint density at radius 1 is 1.44 bits per heavy atom. The Bertz CT molecular complexity index is 339. The number of nitrogens with one attached hydrogen (secondary N) is 1. The minimum absolute atomic E-state index is 0.194. The molecule has 1 rings (SSSR count). The van der Waals surface area contributed by atoms with Crippen LogP contribution in [0.3, 0.4) is 0 Å². The third-order valence-corrected chi connectivity index (χ3v) is 2.46. The standard InChI is InChI=1S/C12H20FN3/c1-9(7-8-16(2)3)15-11-6-4-5-10(13)12(11)14/h4-6,9,15H,7-8,14H2,1-3H3. The molecule has 1 aromatic carbocycles. The molecule has 1 unspecified atom stereocenters. The molecule has 0 amide bonds. The van der Waals surface area contributed by atoms with Gasteiger partial charge in [0.25, 0.3) is 0 Å². The summed E-state index contributed by atoms with van der Waals surface area (Å²) in [6, 6.07) is 5.09. The SMILES string of the molecule is CC(CCN(C)C)Nc1cccc(F)c1N. The van der Waals surface area contributed by atoms with Crippen LogP contribution in [0.2, 0.25) is 0 Å². The highest BCUT2D eigenvalue weighted by Gasteiger charge is 2.07. The summed E-state index contributed by atoms with van der Waals surface area (Å²) in [5, 5.41) is 3.21. The molecular weight excluding hydrogens is 205 g/mol. The van der Waals surface area contributed by atoms with E-state index in [9.17, 15) is 4.39 Å². The molecule has 0 saturated carbocycles. The zero-order valence-electron chi connectivity index (χ0n) is 10.1. The summed E-state index contributed by atoms with van der Waals surface area (Å²) in [5.41, 5.74) is 6.51. The van der Waals surface area contributed by atoms with Gasteiger partial charge in [0.1, 0.15) is 5.82 Å². The molecule has 0 aromatic heterocycles. The van der Waals surface area contributed by atoms with Crippen LogP contribution in [0.1, 0.15) is 13.3 Å². The molecule has 0 radical (unpaired) electrons. The molecule has 90 valence electrons. The number of halogens is 1. The summed E-state index contributed by atoms with van der Waals surface area (Å²) in [6.07, 6.45) is 0.989. The van der Waals surface area contributed by atoms with Crippen LogP contribution in [-0.4, -0.2) is 31.6 Å². The predicted octanol–water partition coefficient (Wildman–Crippen LogP) is 2.16. The average Bonchev–Trinajstić information content (AvgIpc) is 2.22. The maximum atomic E-state index is 13.2. The van der Waals surface area contributed by atoms with Gasteiger partial charge in [0, 0.05) is 6.04 Å². The Labute approximate surface area is 96.4 Å². The van der Waals surface area contributed by atoms with Crippen LogP contribution in [-0.2, 0) is 0 Å². The Kier molecular flexibility index (Phi) is 4.55. The van der Waals surface area contributed by atoms with Gasteiger partial charge in [-0.3, -0.25) is 0 Å². The number of hydrogen-bond donors (Lipinski definition) is 2. The van der Waals surface area contributed by atoms with Crippen LogP contribution in [0.4, 0.5) is 15.8 Å². The van der Waals surface area contributed by atoms with Crippen molar-refractivity contribution in [2.45, 2.75) is 19.4 Å². The summed E-state index contributed by atoms with van der Waals surface area (Å²) in [7, 11) is 4.06. The van der Waals surface area contributed by atoms with Crippen LogP contribution in [0.25, 0.3) is 0 Å². The number of rotatable bonds is 5. The molecule has 4 heteroatoms. The number of para-hydroxylation sites is 1. The second-order valence-electron chi connectivity index (χ2n) is 4.34. The molecule has 0 heterocycles.